The van der Waals surface area contributed by atoms with Gasteiger partial charge in [0, 0.05) is 19.5 Å². The fourth-order valence-corrected chi connectivity index (χ4v) is 3.35. The Labute approximate surface area is 181 Å². The molecule has 0 aromatic rings. The van der Waals surface area contributed by atoms with Crippen LogP contribution in [0.3, 0.4) is 0 Å². The van der Waals surface area contributed by atoms with Gasteiger partial charge in [0.2, 0.25) is 0 Å². The van der Waals surface area contributed by atoms with Gasteiger partial charge in [-0.1, -0.05) is 12.8 Å². The maximum Gasteiger partial charge on any atom is 0.359 e. The van der Waals surface area contributed by atoms with Crippen molar-refractivity contribution in [3.63, 3.8) is 0 Å². The molecule has 0 aliphatic heterocycles. The lowest BCUT2D eigenvalue weighted by Gasteiger charge is -2.36. The molecule has 0 fully saturated rings. The van der Waals surface area contributed by atoms with E-state index in [1.165, 1.54) is 0 Å². The monoisotopic (exact) mass is 446 g/mol. The van der Waals surface area contributed by atoms with Gasteiger partial charge in [-0.15, -0.1) is 0 Å². The molecule has 0 radical (unpaired) electrons. The summed E-state index contributed by atoms with van der Waals surface area (Å²) in [6.07, 6.45) is 3.88. The zero-order valence-electron chi connectivity index (χ0n) is 17.7. The van der Waals surface area contributed by atoms with E-state index >= 15 is 0 Å². The number of nitrogens with two attached hydrogens (primary N) is 1. The van der Waals surface area contributed by atoms with Crippen molar-refractivity contribution in [1.29, 1.82) is 5.26 Å². The summed E-state index contributed by atoms with van der Waals surface area (Å²) in [6, 6.07) is 2.09. The maximum atomic E-state index is 11.3. The van der Waals surface area contributed by atoms with Crippen LogP contribution in [-0.4, -0.2) is 113 Å². The Morgan fingerprint density at radius 2 is 1.32 bits per heavy atom. The van der Waals surface area contributed by atoms with Crippen LogP contribution in [0.2, 0.25) is 0 Å². The minimum Gasteiger partial charge on any atom is -0.477 e. The third kappa shape index (κ3) is 15.7. The number of carbonyl (C=O) groups is 4. The average Bonchev–Trinajstić information content (AvgIpc) is 2.63. The van der Waals surface area contributed by atoms with E-state index in [2.05, 4.69) is 6.07 Å². The molecule has 12 heteroatoms. The molecular formula is C19H34N4O8+2. The average molecular weight is 447 g/mol. The van der Waals surface area contributed by atoms with E-state index in [-0.39, 0.29) is 19.6 Å². The van der Waals surface area contributed by atoms with E-state index in [4.69, 9.17) is 10.4 Å². The number of nitriles is 1. The summed E-state index contributed by atoms with van der Waals surface area (Å²) in [7, 11) is 0. The van der Waals surface area contributed by atoms with Gasteiger partial charge in [0.05, 0.1) is 19.2 Å². The molecule has 176 valence electrons. The van der Waals surface area contributed by atoms with Gasteiger partial charge in [-0.2, -0.15) is 5.26 Å². The summed E-state index contributed by atoms with van der Waals surface area (Å²) in [5, 5.41) is 46.6. The van der Waals surface area contributed by atoms with Crippen LogP contribution in [0.4, 0.5) is 0 Å². The normalized spacial score (nSPS) is 11.2. The summed E-state index contributed by atoms with van der Waals surface area (Å²) >= 11 is 0. The molecule has 0 spiro atoms. The highest BCUT2D eigenvalue weighted by molar-refractivity contribution is 5.73. The lowest BCUT2D eigenvalue weighted by Crippen LogP contribution is -2.87. The second kappa shape index (κ2) is 16.0. The van der Waals surface area contributed by atoms with Crippen LogP contribution in [0.25, 0.3) is 0 Å². The first-order valence-corrected chi connectivity index (χ1v) is 10.2. The van der Waals surface area contributed by atoms with Crippen molar-refractivity contribution >= 4 is 23.9 Å². The van der Waals surface area contributed by atoms with Crippen LogP contribution in [0.15, 0.2) is 0 Å². The predicted octanol–water partition coefficient (Wildman–Crippen LogP) is -1.52. The zero-order valence-corrected chi connectivity index (χ0v) is 17.7. The van der Waals surface area contributed by atoms with Crippen molar-refractivity contribution in [2.45, 2.75) is 32.1 Å². The lowest BCUT2D eigenvalue weighted by molar-refractivity contribution is -0.907. The van der Waals surface area contributed by atoms with Crippen LogP contribution >= 0.6 is 0 Å². The van der Waals surface area contributed by atoms with Crippen molar-refractivity contribution in [3.8, 4) is 6.07 Å². The molecule has 0 aromatic heterocycles. The minimum atomic E-state index is -1.28. The SMILES string of the molecule is N#CCCCCCCN(CC[NH2+]CC(=O)O)CC[N+](CC(=O)O)(CC(=O)O)CC(=O)O. The molecule has 0 saturated carbocycles. The number of carboxylic acids is 4. The number of quaternary nitrogens is 2. The first kappa shape index (κ1) is 28.2. The van der Waals surface area contributed by atoms with Crippen LogP contribution < -0.4 is 5.32 Å². The number of hydrogen-bond acceptors (Lipinski definition) is 6. The summed E-state index contributed by atoms with van der Waals surface area (Å²) in [5.74, 6) is -4.77. The summed E-state index contributed by atoms with van der Waals surface area (Å²) < 4.78 is -0.614. The van der Waals surface area contributed by atoms with Crippen LogP contribution in [0.5, 0.6) is 0 Å². The van der Waals surface area contributed by atoms with E-state index in [1.807, 2.05) is 4.90 Å². The fourth-order valence-electron chi connectivity index (χ4n) is 3.35. The molecule has 0 heterocycles. The molecule has 0 saturated heterocycles. The second-order valence-electron chi connectivity index (χ2n) is 7.56. The van der Waals surface area contributed by atoms with Crippen molar-refractivity contribution in [2.75, 3.05) is 58.9 Å². The smallest absolute Gasteiger partial charge is 0.359 e. The molecule has 0 atom stereocenters. The molecule has 0 aliphatic rings. The van der Waals surface area contributed by atoms with Gasteiger partial charge in [-0.05, 0) is 19.4 Å². The minimum absolute atomic E-state index is 0.0261. The largest absolute Gasteiger partial charge is 0.477 e. The molecule has 12 nitrogen and oxygen atoms in total. The summed E-state index contributed by atoms with van der Waals surface area (Å²) in [5.41, 5.74) is 0. The Balaban J connectivity index is 5.07. The molecule has 0 rings (SSSR count). The van der Waals surface area contributed by atoms with Gasteiger partial charge < -0.3 is 25.7 Å². The zero-order chi connectivity index (χ0) is 23.7. The Morgan fingerprint density at radius 3 is 1.81 bits per heavy atom. The van der Waals surface area contributed by atoms with Gasteiger partial charge in [-0.25, -0.2) is 19.2 Å². The van der Waals surface area contributed by atoms with E-state index in [0.717, 1.165) is 25.7 Å². The van der Waals surface area contributed by atoms with Crippen molar-refractivity contribution in [3.05, 3.63) is 0 Å². The second-order valence-corrected chi connectivity index (χ2v) is 7.56. The molecule has 0 bridgehead atoms. The molecule has 0 unspecified atom stereocenters. The maximum absolute atomic E-state index is 11.3. The Hall–Kier alpha value is -2.75. The number of carboxylic acid groups (broad SMARTS) is 4. The molecular weight excluding hydrogens is 412 g/mol. The third-order valence-corrected chi connectivity index (χ3v) is 4.78. The van der Waals surface area contributed by atoms with Crippen molar-refractivity contribution in [1.82, 2.24) is 4.90 Å². The Kier molecular flexibility index (Phi) is 14.6. The standard InChI is InChI=1S/C19H32N4O8/c20-6-4-2-1-3-5-8-22(9-7-21-12-16(24)25)10-11-23(13-17(26)27,14-18(28)29)15-19(30)31/h21H,1-5,7-15H2,(H3-,24,25,26,27,28,29,30,31)/p+2. The summed E-state index contributed by atoms with van der Waals surface area (Å²) in [4.78, 5) is 46.5. The molecule has 0 aromatic carbocycles. The first-order valence-electron chi connectivity index (χ1n) is 10.2. The number of rotatable bonds is 20. The molecule has 0 amide bonds. The summed E-state index contributed by atoms with van der Waals surface area (Å²) in [6.45, 7) is -0.0234. The predicted molar refractivity (Wildman–Crippen MR) is 107 cm³/mol. The topological polar surface area (TPSA) is 193 Å². The van der Waals surface area contributed by atoms with E-state index < -0.39 is 48.0 Å². The highest BCUT2D eigenvalue weighted by Gasteiger charge is 2.36. The Morgan fingerprint density at radius 1 is 0.774 bits per heavy atom. The number of unbranched alkanes of at least 4 members (excludes halogenated alkanes) is 4. The quantitative estimate of drug-likeness (QED) is 0.108. The molecule has 0 aliphatic carbocycles. The van der Waals surface area contributed by atoms with Crippen molar-refractivity contribution < 1.29 is 49.4 Å². The van der Waals surface area contributed by atoms with Crippen LogP contribution in [-0.2, 0) is 19.2 Å². The molecule has 6 N–H and O–H groups in total. The van der Waals surface area contributed by atoms with Gasteiger partial charge in [-0.3, -0.25) is 9.38 Å². The van der Waals surface area contributed by atoms with Gasteiger partial charge in [0.1, 0.15) is 0 Å². The van der Waals surface area contributed by atoms with Crippen LogP contribution in [0, 0.1) is 11.3 Å². The van der Waals surface area contributed by atoms with Gasteiger partial charge in [0.25, 0.3) is 0 Å². The molecule has 31 heavy (non-hydrogen) atoms. The highest BCUT2D eigenvalue weighted by Crippen LogP contribution is 2.10. The van der Waals surface area contributed by atoms with Gasteiger partial charge >= 0.3 is 23.9 Å². The van der Waals surface area contributed by atoms with E-state index in [0.29, 0.717) is 26.1 Å². The first-order chi connectivity index (χ1) is 14.6. The third-order valence-electron chi connectivity index (χ3n) is 4.78. The van der Waals surface area contributed by atoms with E-state index in [1.54, 1.807) is 5.32 Å². The van der Waals surface area contributed by atoms with Gasteiger partial charge in [0.15, 0.2) is 26.2 Å². The number of aliphatic carboxylic acids is 4. The van der Waals surface area contributed by atoms with Crippen molar-refractivity contribution in [2.24, 2.45) is 0 Å². The Bertz CT molecular complexity index is 594. The highest BCUT2D eigenvalue weighted by atomic mass is 16.4. The fraction of sp³-hybridized carbons (Fsp3) is 0.737. The van der Waals surface area contributed by atoms with E-state index in [9.17, 15) is 34.5 Å². The lowest BCUT2D eigenvalue weighted by atomic mass is 10.1. The number of hydrogen-bond donors (Lipinski definition) is 5. The number of nitrogens with zero attached hydrogens (tertiary/aromatic N) is 3. The van der Waals surface area contributed by atoms with Crippen LogP contribution in [0.1, 0.15) is 32.1 Å².